The van der Waals surface area contributed by atoms with Crippen LogP contribution in [0.2, 0.25) is 0 Å². The third-order valence-electron chi connectivity index (χ3n) is 3.46. The molecular weight excluding hydrogens is 318 g/mol. The van der Waals surface area contributed by atoms with Gasteiger partial charge in [-0.15, -0.1) is 0 Å². The summed E-state index contributed by atoms with van der Waals surface area (Å²) in [6.45, 7) is 2.38. The van der Waals surface area contributed by atoms with Gasteiger partial charge in [-0.1, -0.05) is 34.1 Å². The molecule has 0 fully saturated rings. The number of carbonyl (C=O) groups excluding carboxylic acids is 1. The summed E-state index contributed by atoms with van der Waals surface area (Å²) in [7, 11) is 0. The number of carbonyl (C=O) groups is 1. The molecule has 102 valence electrons. The van der Waals surface area contributed by atoms with Gasteiger partial charge >= 0.3 is 0 Å². The molecule has 1 unspecified atom stereocenters. The fourth-order valence-corrected chi connectivity index (χ4v) is 2.84. The lowest BCUT2D eigenvalue weighted by molar-refractivity contribution is -0.117. The van der Waals surface area contributed by atoms with E-state index >= 15 is 0 Å². The normalized spacial score (nSPS) is 16.4. The van der Waals surface area contributed by atoms with Gasteiger partial charge in [-0.05, 0) is 36.8 Å². The summed E-state index contributed by atoms with van der Waals surface area (Å²) in [5.74, 6) is 0.537. The van der Waals surface area contributed by atoms with Crippen molar-refractivity contribution in [2.24, 2.45) is 0 Å². The number of rotatable bonds is 2. The van der Waals surface area contributed by atoms with Crippen molar-refractivity contribution in [1.82, 2.24) is 0 Å². The summed E-state index contributed by atoms with van der Waals surface area (Å²) in [4.78, 5) is 12.4. The second kappa shape index (κ2) is 5.29. The lowest BCUT2D eigenvalue weighted by Crippen LogP contribution is -2.22. The van der Waals surface area contributed by atoms with Crippen LogP contribution >= 0.6 is 15.9 Å². The number of benzene rings is 2. The minimum atomic E-state index is -0.241. The molecule has 3 nitrogen and oxygen atoms in total. The predicted octanol–water partition coefficient (Wildman–Crippen LogP) is 3.87. The predicted molar refractivity (Wildman–Crippen MR) is 82.2 cm³/mol. The van der Waals surface area contributed by atoms with E-state index in [0.717, 1.165) is 27.0 Å². The van der Waals surface area contributed by atoms with Crippen LogP contribution in [0.25, 0.3) is 0 Å². The van der Waals surface area contributed by atoms with Gasteiger partial charge < -0.3 is 10.1 Å². The average molecular weight is 332 g/mol. The third-order valence-corrected chi connectivity index (χ3v) is 3.96. The molecule has 1 atom stereocenters. The third kappa shape index (κ3) is 2.43. The Hall–Kier alpha value is -1.81. The minimum absolute atomic E-state index is 0.0274. The molecule has 0 saturated carbocycles. The van der Waals surface area contributed by atoms with Crippen LogP contribution in [0.15, 0.2) is 46.9 Å². The summed E-state index contributed by atoms with van der Waals surface area (Å²) in [5, 5.41) is 2.98. The highest BCUT2D eigenvalue weighted by atomic mass is 79.9. The summed E-state index contributed by atoms with van der Waals surface area (Å²) in [5.41, 5.74) is 2.82. The molecule has 0 radical (unpaired) electrons. The molecule has 1 heterocycles. The number of nitrogens with one attached hydrogen (secondary N) is 1. The second-order valence-electron chi connectivity index (χ2n) is 4.85. The van der Waals surface area contributed by atoms with Crippen molar-refractivity contribution in [3.05, 3.63) is 58.1 Å². The van der Waals surface area contributed by atoms with Crippen LogP contribution < -0.4 is 10.1 Å². The number of anilines is 1. The van der Waals surface area contributed by atoms with E-state index in [-0.39, 0.29) is 11.8 Å². The molecule has 0 spiro atoms. The van der Waals surface area contributed by atoms with Crippen molar-refractivity contribution in [1.29, 1.82) is 0 Å². The first-order chi connectivity index (χ1) is 9.65. The number of amides is 1. The molecule has 1 aliphatic rings. The molecule has 2 aromatic rings. The topological polar surface area (TPSA) is 38.3 Å². The van der Waals surface area contributed by atoms with E-state index < -0.39 is 0 Å². The van der Waals surface area contributed by atoms with Crippen molar-refractivity contribution in [3.8, 4) is 5.75 Å². The van der Waals surface area contributed by atoms with Crippen LogP contribution in [0, 0.1) is 6.92 Å². The molecule has 0 aliphatic carbocycles. The molecule has 0 saturated heterocycles. The molecular formula is C16H14BrNO2. The summed E-state index contributed by atoms with van der Waals surface area (Å²) < 4.78 is 6.55. The first kappa shape index (κ1) is 13.2. The van der Waals surface area contributed by atoms with E-state index in [1.54, 1.807) is 0 Å². The summed E-state index contributed by atoms with van der Waals surface area (Å²) in [6, 6.07) is 13.5. The van der Waals surface area contributed by atoms with Gasteiger partial charge in [0, 0.05) is 15.7 Å². The Bertz CT molecular complexity index is 669. The lowest BCUT2D eigenvalue weighted by atomic mass is 10.0. The van der Waals surface area contributed by atoms with Crippen LogP contribution in [0.5, 0.6) is 5.75 Å². The Morgan fingerprint density at radius 1 is 1.30 bits per heavy atom. The SMILES string of the molecule is Cc1cc(Br)ccc1NC(=O)C1COc2ccccc21. The van der Waals surface area contributed by atoms with Gasteiger partial charge in [0.25, 0.3) is 0 Å². The molecule has 0 bridgehead atoms. The van der Waals surface area contributed by atoms with E-state index in [0.29, 0.717) is 6.61 Å². The van der Waals surface area contributed by atoms with E-state index in [2.05, 4.69) is 21.2 Å². The van der Waals surface area contributed by atoms with E-state index in [1.807, 2.05) is 49.4 Å². The summed E-state index contributed by atoms with van der Waals surface area (Å²) in [6.07, 6.45) is 0. The van der Waals surface area contributed by atoms with Crippen molar-refractivity contribution in [2.45, 2.75) is 12.8 Å². The Morgan fingerprint density at radius 3 is 2.90 bits per heavy atom. The Kier molecular flexibility index (Phi) is 3.49. The lowest BCUT2D eigenvalue weighted by Gasteiger charge is -2.12. The molecule has 0 aromatic heterocycles. The van der Waals surface area contributed by atoms with Crippen molar-refractivity contribution in [3.63, 3.8) is 0 Å². The Labute approximate surface area is 126 Å². The number of para-hydroxylation sites is 1. The van der Waals surface area contributed by atoms with E-state index in [1.165, 1.54) is 0 Å². The van der Waals surface area contributed by atoms with Crippen molar-refractivity contribution in [2.75, 3.05) is 11.9 Å². The number of aryl methyl sites for hydroxylation is 1. The molecule has 20 heavy (non-hydrogen) atoms. The molecule has 3 rings (SSSR count). The maximum atomic E-state index is 12.4. The van der Waals surface area contributed by atoms with Crippen LogP contribution in [0.1, 0.15) is 17.0 Å². The largest absolute Gasteiger partial charge is 0.492 e. The molecule has 1 aliphatic heterocycles. The van der Waals surface area contributed by atoms with Crippen LogP contribution in [0.3, 0.4) is 0 Å². The number of fused-ring (bicyclic) bond motifs is 1. The first-order valence-electron chi connectivity index (χ1n) is 6.44. The maximum absolute atomic E-state index is 12.4. The minimum Gasteiger partial charge on any atom is -0.492 e. The zero-order chi connectivity index (χ0) is 14.1. The van der Waals surface area contributed by atoms with Crippen molar-refractivity contribution < 1.29 is 9.53 Å². The van der Waals surface area contributed by atoms with Crippen LogP contribution in [0.4, 0.5) is 5.69 Å². The quantitative estimate of drug-likeness (QED) is 0.907. The van der Waals surface area contributed by atoms with Gasteiger partial charge in [-0.3, -0.25) is 4.79 Å². The second-order valence-corrected chi connectivity index (χ2v) is 5.77. The fourth-order valence-electron chi connectivity index (χ4n) is 2.37. The highest BCUT2D eigenvalue weighted by Crippen LogP contribution is 2.34. The number of ether oxygens (including phenoxy) is 1. The van der Waals surface area contributed by atoms with Crippen LogP contribution in [-0.4, -0.2) is 12.5 Å². The molecule has 1 amide bonds. The van der Waals surface area contributed by atoms with Gasteiger partial charge in [0.1, 0.15) is 18.3 Å². The van der Waals surface area contributed by atoms with Crippen LogP contribution in [-0.2, 0) is 4.79 Å². The summed E-state index contributed by atoms with van der Waals surface area (Å²) >= 11 is 3.42. The molecule has 1 N–H and O–H groups in total. The highest BCUT2D eigenvalue weighted by molar-refractivity contribution is 9.10. The monoisotopic (exact) mass is 331 g/mol. The van der Waals surface area contributed by atoms with E-state index in [4.69, 9.17) is 4.74 Å². The van der Waals surface area contributed by atoms with Gasteiger partial charge in [-0.2, -0.15) is 0 Å². The van der Waals surface area contributed by atoms with E-state index in [9.17, 15) is 4.79 Å². The number of hydrogen-bond donors (Lipinski definition) is 1. The standard InChI is InChI=1S/C16H14BrNO2/c1-10-8-11(17)6-7-14(10)18-16(19)13-9-20-15-5-3-2-4-12(13)15/h2-8,13H,9H2,1H3,(H,18,19). The van der Waals surface area contributed by atoms with Gasteiger partial charge in [-0.25, -0.2) is 0 Å². The Balaban J connectivity index is 1.81. The fraction of sp³-hybridized carbons (Fsp3) is 0.188. The zero-order valence-corrected chi connectivity index (χ0v) is 12.6. The maximum Gasteiger partial charge on any atom is 0.235 e. The van der Waals surface area contributed by atoms with Gasteiger partial charge in [0.05, 0.1) is 0 Å². The smallest absolute Gasteiger partial charge is 0.235 e. The first-order valence-corrected chi connectivity index (χ1v) is 7.23. The number of halogens is 1. The molecule has 2 aromatic carbocycles. The number of hydrogen-bond acceptors (Lipinski definition) is 2. The Morgan fingerprint density at radius 2 is 2.10 bits per heavy atom. The zero-order valence-electron chi connectivity index (χ0n) is 11.0. The highest BCUT2D eigenvalue weighted by Gasteiger charge is 2.30. The molecule has 4 heteroatoms. The van der Waals surface area contributed by atoms with Crippen molar-refractivity contribution >= 4 is 27.5 Å². The van der Waals surface area contributed by atoms with Gasteiger partial charge in [0.2, 0.25) is 5.91 Å². The van der Waals surface area contributed by atoms with Gasteiger partial charge in [0.15, 0.2) is 0 Å². The average Bonchev–Trinajstić information content (AvgIpc) is 2.86.